The van der Waals surface area contributed by atoms with E-state index in [-0.39, 0.29) is 11.3 Å². The van der Waals surface area contributed by atoms with Gasteiger partial charge in [0, 0.05) is 17.8 Å². The minimum Gasteiger partial charge on any atom is -0.351 e. The summed E-state index contributed by atoms with van der Waals surface area (Å²) in [5.41, 5.74) is 0.754. The van der Waals surface area contributed by atoms with Gasteiger partial charge in [-0.05, 0) is 30.8 Å². The van der Waals surface area contributed by atoms with Gasteiger partial charge in [0.25, 0.3) is 5.91 Å². The van der Waals surface area contributed by atoms with Gasteiger partial charge in [-0.15, -0.1) is 16.7 Å². The molecule has 1 N–H and O–H groups in total. The largest absolute Gasteiger partial charge is 0.351 e. The first-order valence-electron chi connectivity index (χ1n) is 6.27. The lowest BCUT2D eigenvalue weighted by Crippen LogP contribution is -2.38. The summed E-state index contributed by atoms with van der Waals surface area (Å²) in [6.07, 6.45) is 2.63. The molecule has 0 unspecified atom stereocenters. The average Bonchev–Trinajstić information content (AvgIpc) is 2.89. The van der Waals surface area contributed by atoms with Crippen LogP contribution in [0.3, 0.4) is 0 Å². The highest BCUT2D eigenvalue weighted by Gasteiger charge is 2.26. The van der Waals surface area contributed by atoms with E-state index in [1.54, 1.807) is 0 Å². The zero-order valence-corrected chi connectivity index (χ0v) is 12.7. The van der Waals surface area contributed by atoms with Gasteiger partial charge < -0.3 is 5.32 Å². The smallest absolute Gasteiger partial charge is 0.264 e. The zero-order chi connectivity index (χ0) is 13.6. The van der Waals surface area contributed by atoms with Gasteiger partial charge >= 0.3 is 0 Å². The van der Waals surface area contributed by atoms with Crippen LogP contribution >= 0.6 is 23.1 Å². The summed E-state index contributed by atoms with van der Waals surface area (Å²) in [4.78, 5) is 12.7. The van der Waals surface area contributed by atoms with Crippen LogP contribution in [0.4, 0.5) is 0 Å². The molecule has 0 spiro atoms. The third-order valence-electron chi connectivity index (χ3n) is 3.50. The number of aryl methyl sites for hydroxylation is 1. The van der Waals surface area contributed by atoms with Gasteiger partial charge in [0.2, 0.25) is 0 Å². The second-order valence-electron chi connectivity index (χ2n) is 4.43. The number of nitrogens with one attached hydrogen (secondary N) is 1. The maximum absolute atomic E-state index is 12.1. The molecule has 1 amide bonds. The summed E-state index contributed by atoms with van der Waals surface area (Å²) in [5.74, 6) is 0.472. The fourth-order valence-corrected chi connectivity index (χ4v) is 2.84. The Labute approximate surface area is 117 Å². The van der Waals surface area contributed by atoms with Crippen LogP contribution in [-0.4, -0.2) is 27.9 Å². The maximum atomic E-state index is 12.1. The van der Waals surface area contributed by atoms with E-state index in [0.717, 1.165) is 36.5 Å². The van der Waals surface area contributed by atoms with Crippen molar-refractivity contribution >= 4 is 29.0 Å². The van der Waals surface area contributed by atoms with E-state index in [0.29, 0.717) is 17.3 Å². The van der Waals surface area contributed by atoms with E-state index in [2.05, 4.69) is 28.8 Å². The third-order valence-corrected chi connectivity index (χ3v) is 4.84. The summed E-state index contributed by atoms with van der Waals surface area (Å²) in [5, 5.41) is 6.90. The van der Waals surface area contributed by atoms with Crippen molar-refractivity contribution in [3.63, 3.8) is 0 Å². The summed E-state index contributed by atoms with van der Waals surface area (Å²) in [7, 11) is 0. The number of carbonyl (C=O) groups is 1. The summed E-state index contributed by atoms with van der Waals surface area (Å²) < 4.78 is 3.82. The Kier molecular flexibility index (Phi) is 6.02. The van der Waals surface area contributed by atoms with Crippen molar-refractivity contribution in [3.8, 4) is 0 Å². The Bertz CT molecular complexity index is 382. The average molecular weight is 290 g/mol. The second kappa shape index (κ2) is 7.04. The molecule has 102 valence electrons. The maximum Gasteiger partial charge on any atom is 0.264 e. The molecule has 1 heterocycles. The van der Waals surface area contributed by atoms with Gasteiger partial charge in [0.1, 0.15) is 4.88 Å². The summed E-state index contributed by atoms with van der Waals surface area (Å²) in [6, 6.07) is 0. The van der Waals surface area contributed by atoms with Crippen LogP contribution in [0, 0.1) is 5.41 Å². The number of carbonyl (C=O) groups excluding carboxylic acids is 1. The first-order valence-corrected chi connectivity index (χ1v) is 7.58. The Morgan fingerprint density at radius 3 is 2.56 bits per heavy atom. The first-order chi connectivity index (χ1) is 8.62. The number of nitrogens with zero attached hydrogens (tertiary/aromatic N) is 2. The molecule has 0 aliphatic carbocycles. The Balaban J connectivity index is 2.66. The molecule has 18 heavy (non-hydrogen) atoms. The van der Waals surface area contributed by atoms with E-state index in [4.69, 9.17) is 11.6 Å². The number of amides is 1. The zero-order valence-electron chi connectivity index (χ0n) is 11.1. The van der Waals surface area contributed by atoms with Crippen molar-refractivity contribution in [2.75, 3.05) is 12.4 Å². The van der Waals surface area contributed by atoms with Crippen molar-refractivity contribution in [2.45, 2.75) is 40.0 Å². The molecule has 0 atom stereocenters. The van der Waals surface area contributed by atoms with Crippen LogP contribution in [0.1, 0.15) is 49.0 Å². The predicted octanol–water partition coefficient (Wildman–Crippen LogP) is 2.88. The number of alkyl halides is 1. The Morgan fingerprint density at radius 2 is 2.06 bits per heavy atom. The lowest BCUT2D eigenvalue weighted by molar-refractivity contribution is 0.0935. The van der Waals surface area contributed by atoms with Crippen molar-refractivity contribution in [2.24, 2.45) is 5.41 Å². The second-order valence-corrected chi connectivity index (χ2v) is 5.45. The minimum atomic E-state index is -0.0850. The fraction of sp³-hybridized carbons (Fsp3) is 0.750. The van der Waals surface area contributed by atoms with Crippen molar-refractivity contribution < 1.29 is 4.79 Å². The molecule has 1 rings (SSSR count). The molecular formula is C12H20ClN3OS. The van der Waals surface area contributed by atoms with Gasteiger partial charge in [-0.25, -0.2) is 0 Å². The van der Waals surface area contributed by atoms with E-state index in [9.17, 15) is 4.79 Å². The van der Waals surface area contributed by atoms with Gasteiger partial charge in [-0.3, -0.25) is 4.79 Å². The fourth-order valence-electron chi connectivity index (χ4n) is 1.70. The predicted molar refractivity (Wildman–Crippen MR) is 75.4 cm³/mol. The van der Waals surface area contributed by atoms with Crippen LogP contribution in [0.25, 0.3) is 0 Å². The van der Waals surface area contributed by atoms with Crippen molar-refractivity contribution in [1.82, 2.24) is 14.9 Å². The standard InChI is InChI=1S/C12H20ClN3OS/c1-4-9-10(18-16-15-9)11(17)14-8-12(5-2,6-3)7-13/h4-8H2,1-3H3,(H,14,17). The van der Waals surface area contributed by atoms with Crippen LogP contribution < -0.4 is 5.32 Å². The van der Waals surface area contributed by atoms with E-state index in [1.807, 2.05) is 6.92 Å². The molecule has 6 heteroatoms. The van der Waals surface area contributed by atoms with Crippen molar-refractivity contribution in [1.29, 1.82) is 0 Å². The number of hydrogen-bond donors (Lipinski definition) is 1. The molecule has 0 aliphatic rings. The van der Waals surface area contributed by atoms with E-state index < -0.39 is 0 Å². The summed E-state index contributed by atoms with van der Waals surface area (Å²) >= 11 is 7.17. The molecule has 1 aromatic heterocycles. The van der Waals surface area contributed by atoms with Gasteiger partial charge in [0.05, 0.1) is 5.69 Å². The van der Waals surface area contributed by atoms with Crippen molar-refractivity contribution in [3.05, 3.63) is 10.6 Å². The van der Waals surface area contributed by atoms with Gasteiger partial charge in [0.15, 0.2) is 0 Å². The number of rotatable bonds is 7. The van der Waals surface area contributed by atoms with Crippen LogP contribution in [0.15, 0.2) is 0 Å². The molecule has 0 saturated heterocycles. The number of halogens is 1. The topological polar surface area (TPSA) is 54.9 Å². The van der Waals surface area contributed by atoms with E-state index in [1.165, 1.54) is 0 Å². The molecule has 4 nitrogen and oxygen atoms in total. The molecule has 0 saturated carbocycles. The van der Waals surface area contributed by atoms with E-state index >= 15 is 0 Å². The van der Waals surface area contributed by atoms with Gasteiger partial charge in [-0.1, -0.05) is 25.3 Å². The minimum absolute atomic E-state index is 0.0122. The molecule has 0 aliphatic heterocycles. The highest BCUT2D eigenvalue weighted by atomic mass is 35.5. The molecule has 1 aromatic rings. The lowest BCUT2D eigenvalue weighted by Gasteiger charge is -2.29. The molecule has 0 radical (unpaired) electrons. The number of hydrogen-bond acceptors (Lipinski definition) is 4. The molecule has 0 bridgehead atoms. The Morgan fingerprint density at radius 1 is 1.39 bits per heavy atom. The summed E-state index contributed by atoms with van der Waals surface area (Å²) in [6.45, 7) is 6.77. The molecule has 0 aromatic carbocycles. The third kappa shape index (κ3) is 3.42. The number of aromatic nitrogens is 2. The molecule has 0 fully saturated rings. The quantitative estimate of drug-likeness (QED) is 0.785. The Hall–Kier alpha value is -0.680. The highest BCUT2D eigenvalue weighted by molar-refractivity contribution is 7.08. The lowest BCUT2D eigenvalue weighted by atomic mass is 9.84. The first kappa shape index (κ1) is 15.4. The molecular weight excluding hydrogens is 270 g/mol. The highest BCUT2D eigenvalue weighted by Crippen LogP contribution is 2.27. The van der Waals surface area contributed by atoms with Crippen LogP contribution in [0.5, 0.6) is 0 Å². The van der Waals surface area contributed by atoms with Gasteiger partial charge in [-0.2, -0.15) is 0 Å². The van der Waals surface area contributed by atoms with Crippen LogP contribution in [-0.2, 0) is 6.42 Å². The van der Waals surface area contributed by atoms with Crippen LogP contribution in [0.2, 0.25) is 0 Å². The normalized spacial score (nSPS) is 11.6. The SMILES string of the molecule is CCc1nnsc1C(=O)NCC(CC)(CC)CCl. The monoisotopic (exact) mass is 289 g/mol.